The van der Waals surface area contributed by atoms with Crippen molar-refractivity contribution in [3.8, 4) is 0 Å². The molecule has 0 bridgehead atoms. The Morgan fingerprint density at radius 1 is 1.00 bits per heavy atom. The van der Waals surface area contributed by atoms with Gasteiger partial charge in [0.1, 0.15) is 11.6 Å². The number of rotatable bonds is 6. The molecule has 0 aliphatic carbocycles. The fourth-order valence-electron chi connectivity index (χ4n) is 2.50. The van der Waals surface area contributed by atoms with E-state index in [-0.39, 0.29) is 17.2 Å². The van der Waals surface area contributed by atoms with Gasteiger partial charge in [0.2, 0.25) is 5.91 Å². The van der Waals surface area contributed by atoms with Crippen LogP contribution in [-0.2, 0) is 21.2 Å². The number of amides is 1. The molecule has 0 saturated heterocycles. The van der Waals surface area contributed by atoms with E-state index in [1.165, 1.54) is 12.1 Å². The quantitative estimate of drug-likeness (QED) is 0.664. The van der Waals surface area contributed by atoms with Gasteiger partial charge < -0.3 is 5.32 Å². The summed E-state index contributed by atoms with van der Waals surface area (Å²) in [5, 5.41) is 2.72. The van der Waals surface area contributed by atoms with Crippen molar-refractivity contribution in [3.63, 3.8) is 0 Å². The van der Waals surface area contributed by atoms with Crippen LogP contribution < -0.4 is 10.0 Å². The molecule has 1 heterocycles. The average molecular weight is 399 g/mol. The molecular weight excluding hydrogens is 381 g/mol. The van der Waals surface area contributed by atoms with Gasteiger partial charge in [-0.25, -0.2) is 17.8 Å². The maximum atomic E-state index is 13.0. The standard InChI is InChI=1S/C20H18FN3O3S/c1-14-3-2-4-19(22-14)23-20(25)13-15-5-9-17(10-6-15)24-28(26,27)18-11-7-16(21)8-12-18/h2-12,24H,13H2,1H3,(H,22,23,25). The molecule has 3 rings (SSSR count). The maximum absolute atomic E-state index is 13.0. The number of halogens is 1. The minimum absolute atomic E-state index is 0.0389. The van der Waals surface area contributed by atoms with Gasteiger partial charge in [-0.1, -0.05) is 18.2 Å². The minimum Gasteiger partial charge on any atom is -0.310 e. The zero-order valence-corrected chi connectivity index (χ0v) is 15.8. The van der Waals surface area contributed by atoms with Crippen molar-refractivity contribution in [2.45, 2.75) is 18.2 Å². The normalized spacial score (nSPS) is 11.1. The number of anilines is 2. The maximum Gasteiger partial charge on any atom is 0.261 e. The molecule has 8 heteroatoms. The van der Waals surface area contributed by atoms with Gasteiger partial charge in [-0.2, -0.15) is 0 Å². The van der Waals surface area contributed by atoms with Crippen LogP contribution in [0.3, 0.4) is 0 Å². The van der Waals surface area contributed by atoms with Gasteiger partial charge in [0.25, 0.3) is 10.0 Å². The molecule has 1 amide bonds. The molecule has 2 aromatic carbocycles. The van der Waals surface area contributed by atoms with Crippen LogP contribution in [-0.4, -0.2) is 19.3 Å². The molecule has 0 fully saturated rings. The number of benzene rings is 2. The highest BCUT2D eigenvalue weighted by Gasteiger charge is 2.14. The van der Waals surface area contributed by atoms with E-state index in [0.717, 1.165) is 23.4 Å². The van der Waals surface area contributed by atoms with Gasteiger partial charge in [0, 0.05) is 11.4 Å². The Balaban J connectivity index is 1.63. The summed E-state index contributed by atoms with van der Waals surface area (Å²) in [5.41, 5.74) is 1.86. The second-order valence-corrected chi connectivity index (χ2v) is 7.83. The van der Waals surface area contributed by atoms with Gasteiger partial charge in [0.05, 0.1) is 11.3 Å². The number of aryl methyl sites for hydroxylation is 1. The van der Waals surface area contributed by atoms with Gasteiger partial charge in [0.15, 0.2) is 0 Å². The van der Waals surface area contributed by atoms with Gasteiger partial charge in [-0.3, -0.25) is 9.52 Å². The molecule has 1 aromatic heterocycles. The van der Waals surface area contributed by atoms with Crippen LogP contribution >= 0.6 is 0 Å². The average Bonchev–Trinajstić information content (AvgIpc) is 2.63. The lowest BCUT2D eigenvalue weighted by molar-refractivity contribution is -0.115. The molecule has 6 nitrogen and oxygen atoms in total. The number of hydrogen-bond donors (Lipinski definition) is 2. The number of pyridine rings is 1. The van der Waals surface area contributed by atoms with E-state index in [1.54, 1.807) is 36.4 Å². The van der Waals surface area contributed by atoms with E-state index >= 15 is 0 Å². The summed E-state index contributed by atoms with van der Waals surface area (Å²) in [7, 11) is -3.81. The van der Waals surface area contributed by atoms with E-state index in [0.29, 0.717) is 11.5 Å². The molecule has 2 N–H and O–H groups in total. The summed E-state index contributed by atoms with van der Waals surface area (Å²) in [6.45, 7) is 1.83. The van der Waals surface area contributed by atoms with Crippen LogP contribution in [0.15, 0.2) is 71.6 Å². The molecule has 28 heavy (non-hydrogen) atoms. The third-order valence-electron chi connectivity index (χ3n) is 3.85. The lowest BCUT2D eigenvalue weighted by Gasteiger charge is -2.09. The van der Waals surface area contributed by atoms with Gasteiger partial charge in [-0.15, -0.1) is 0 Å². The number of carbonyl (C=O) groups is 1. The molecule has 0 unspecified atom stereocenters. The Bertz CT molecular complexity index is 1080. The van der Waals surface area contributed by atoms with Crippen molar-refractivity contribution >= 4 is 27.4 Å². The smallest absolute Gasteiger partial charge is 0.261 e. The van der Waals surface area contributed by atoms with Crippen LogP contribution in [0.1, 0.15) is 11.3 Å². The molecule has 0 atom stereocenters. The third kappa shape index (κ3) is 5.14. The highest BCUT2D eigenvalue weighted by molar-refractivity contribution is 7.92. The molecule has 0 aliphatic rings. The van der Waals surface area contributed by atoms with Crippen molar-refractivity contribution < 1.29 is 17.6 Å². The zero-order chi connectivity index (χ0) is 20.1. The first-order chi connectivity index (χ1) is 13.3. The van der Waals surface area contributed by atoms with Gasteiger partial charge >= 0.3 is 0 Å². The van der Waals surface area contributed by atoms with E-state index < -0.39 is 15.8 Å². The summed E-state index contributed by atoms with van der Waals surface area (Å²) in [5.74, 6) is -0.256. The fraction of sp³-hybridized carbons (Fsp3) is 0.100. The van der Waals surface area contributed by atoms with Crippen molar-refractivity contribution in [1.82, 2.24) is 4.98 Å². The van der Waals surface area contributed by atoms with Crippen LogP contribution in [0.2, 0.25) is 0 Å². The van der Waals surface area contributed by atoms with E-state index in [9.17, 15) is 17.6 Å². The molecule has 0 saturated carbocycles. The van der Waals surface area contributed by atoms with Crippen LogP contribution in [0, 0.1) is 12.7 Å². The predicted octanol–water partition coefficient (Wildman–Crippen LogP) is 3.51. The Morgan fingerprint density at radius 2 is 1.68 bits per heavy atom. The van der Waals surface area contributed by atoms with E-state index in [2.05, 4.69) is 15.0 Å². The fourth-order valence-corrected chi connectivity index (χ4v) is 3.56. The third-order valence-corrected chi connectivity index (χ3v) is 5.25. The summed E-state index contributed by atoms with van der Waals surface area (Å²) in [4.78, 5) is 16.3. The second kappa shape index (κ2) is 8.18. The molecule has 3 aromatic rings. The highest BCUT2D eigenvalue weighted by Crippen LogP contribution is 2.17. The molecule has 144 valence electrons. The van der Waals surface area contributed by atoms with Crippen molar-refractivity contribution in [2.75, 3.05) is 10.0 Å². The van der Waals surface area contributed by atoms with Crippen molar-refractivity contribution in [3.05, 3.63) is 83.8 Å². The van der Waals surface area contributed by atoms with E-state index in [1.807, 2.05) is 13.0 Å². The zero-order valence-electron chi connectivity index (χ0n) is 15.0. The summed E-state index contributed by atoms with van der Waals surface area (Å²) in [6.07, 6.45) is 0.126. The number of nitrogens with one attached hydrogen (secondary N) is 2. The summed E-state index contributed by atoms with van der Waals surface area (Å²) in [6, 6.07) is 16.3. The van der Waals surface area contributed by atoms with Crippen LogP contribution in [0.25, 0.3) is 0 Å². The Kier molecular flexibility index (Phi) is 5.70. The highest BCUT2D eigenvalue weighted by atomic mass is 32.2. The first-order valence-corrected chi connectivity index (χ1v) is 9.91. The summed E-state index contributed by atoms with van der Waals surface area (Å²) < 4.78 is 40.0. The first kappa shape index (κ1) is 19.5. The topological polar surface area (TPSA) is 88.2 Å². The number of aromatic nitrogens is 1. The van der Waals surface area contributed by atoms with Crippen molar-refractivity contribution in [2.24, 2.45) is 0 Å². The Morgan fingerprint density at radius 3 is 2.32 bits per heavy atom. The number of nitrogens with zero attached hydrogens (tertiary/aromatic N) is 1. The monoisotopic (exact) mass is 399 g/mol. The Labute approximate surface area is 162 Å². The molecular formula is C20H18FN3O3S. The number of sulfonamides is 1. The SMILES string of the molecule is Cc1cccc(NC(=O)Cc2ccc(NS(=O)(=O)c3ccc(F)cc3)cc2)n1. The van der Waals surface area contributed by atoms with Gasteiger partial charge in [-0.05, 0) is 61.0 Å². The molecule has 0 radical (unpaired) electrons. The summed E-state index contributed by atoms with van der Waals surface area (Å²) >= 11 is 0. The van der Waals surface area contributed by atoms with Crippen molar-refractivity contribution in [1.29, 1.82) is 0 Å². The molecule has 0 spiro atoms. The van der Waals surface area contributed by atoms with Crippen LogP contribution in [0.4, 0.5) is 15.9 Å². The largest absolute Gasteiger partial charge is 0.310 e. The van der Waals surface area contributed by atoms with E-state index in [4.69, 9.17) is 0 Å². The first-order valence-electron chi connectivity index (χ1n) is 8.43. The van der Waals surface area contributed by atoms with Crippen LogP contribution in [0.5, 0.6) is 0 Å². The lowest BCUT2D eigenvalue weighted by Crippen LogP contribution is -2.16. The number of hydrogen-bond acceptors (Lipinski definition) is 4. The lowest BCUT2D eigenvalue weighted by atomic mass is 10.1. The minimum atomic E-state index is -3.81. The predicted molar refractivity (Wildman–Crippen MR) is 105 cm³/mol. The second-order valence-electron chi connectivity index (χ2n) is 6.15. The number of carbonyl (C=O) groups excluding carboxylic acids is 1. The molecule has 0 aliphatic heterocycles. The Hall–Kier alpha value is -3.26.